The van der Waals surface area contributed by atoms with E-state index in [0.717, 1.165) is 50.4 Å². The number of nitrogens with zero attached hydrogens (tertiary/aromatic N) is 4. The molecule has 2 heterocycles. The average molecular weight is 495 g/mol. The summed E-state index contributed by atoms with van der Waals surface area (Å²) >= 11 is 0. The number of rotatable bonds is 4. The number of aromatic nitrogens is 1. The van der Waals surface area contributed by atoms with Gasteiger partial charge < -0.3 is 15.5 Å². The number of benzene rings is 1. The molecule has 150 valence electrons. The molecular formula is C21H27FIN5. The molecule has 0 unspecified atom stereocenters. The summed E-state index contributed by atoms with van der Waals surface area (Å²) in [5, 5.41) is 0. The van der Waals surface area contributed by atoms with Crippen molar-refractivity contribution in [2.45, 2.75) is 24.7 Å². The standard InChI is InChI=1S/C21H26FN5.HI/c22-17-5-7-18(8-6-17)26-12-14-27(15-13-26)20(23)25-16-21(9-3-10-21)19-4-1-2-11-24-19;/h1-2,4-8,11H,3,9-10,12-16H2,(H2,23,25);1H. The lowest BCUT2D eigenvalue weighted by Gasteiger charge is -2.41. The van der Waals surface area contributed by atoms with Gasteiger partial charge in [-0.3, -0.25) is 9.98 Å². The van der Waals surface area contributed by atoms with Crippen LogP contribution in [0.2, 0.25) is 0 Å². The lowest BCUT2D eigenvalue weighted by atomic mass is 9.66. The van der Waals surface area contributed by atoms with Crippen LogP contribution in [-0.4, -0.2) is 48.6 Å². The first-order valence-electron chi connectivity index (χ1n) is 9.63. The van der Waals surface area contributed by atoms with Crippen molar-refractivity contribution in [3.63, 3.8) is 0 Å². The zero-order valence-electron chi connectivity index (χ0n) is 15.9. The van der Waals surface area contributed by atoms with Crippen molar-refractivity contribution in [1.82, 2.24) is 9.88 Å². The summed E-state index contributed by atoms with van der Waals surface area (Å²) in [4.78, 5) is 13.7. The van der Waals surface area contributed by atoms with Gasteiger partial charge in [0.05, 0.1) is 6.54 Å². The quantitative estimate of drug-likeness (QED) is 0.402. The van der Waals surface area contributed by atoms with Gasteiger partial charge in [-0.1, -0.05) is 12.5 Å². The van der Waals surface area contributed by atoms with Crippen molar-refractivity contribution < 1.29 is 4.39 Å². The normalized spacial score (nSPS) is 19.0. The Kier molecular flexibility index (Phi) is 6.74. The molecule has 1 aromatic carbocycles. The maximum absolute atomic E-state index is 13.1. The summed E-state index contributed by atoms with van der Waals surface area (Å²) in [5.41, 5.74) is 8.55. The van der Waals surface area contributed by atoms with Gasteiger partial charge in [-0.05, 0) is 49.2 Å². The third kappa shape index (κ3) is 4.39. The van der Waals surface area contributed by atoms with E-state index in [9.17, 15) is 4.39 Å². The van der Waals surface area contributed by atoms with Crippen molar-refractivity contribution >= 4 is 35.6 Å². The van der Waals surface area contributed by atoms with Gasteiger partial charge in [-0.2, -0.15) is 0 Å². The molecule has 2 N–H and O–H groups in total. The summed E-state index contributed by atoms with van der Waals surface area (Å²) in [7, 11) is 0. The van der Waals surface area contributed by atoms with Crippen LogP contribution >= 0.6 is 24.0 Å². The van der Waals surface area contributed by atoms with Gasteiger partial charge in [0, 0.05) is 49.2 Å². The van der Waals surface area contributed by atoms with Gasteiger partial charge in [-0.25, -0.2) is 4.39 Å². The van der Waals surface area contributed by atoms with Gasteiger partial charge in [0.15, 0.2) is 5.96 Å². The Bertz CT molecular complexity index is 784. The molecule has 5 nitrogen and oxygen atoms in total. The molecule has 0 bridgehead atoms. The van der Waals surface area contributed by atoms with Crippen LogP contribution in [0.1, 0.15) is 25.0 Å². The fourth-order valence-electron chi connectivity index (χ4n) is 3.95. The lowest BCUT2D eigenvalue weighted by Crippen LogP contribution is -2.51. The van der Waals surface area contributed by atoms with Crippen molar-refractivity contribution in [2.75, 3.05) is 37.6 Å². The highest BCUT2D eigenvalue weighted by atomic mass is 127. The number of halogens is 2. The first-order valence-corrected chi connectivity index (χ1v) is 9.63. The van der Waals surface area contributed by atoms with Crippen LogP contribution in [0.25, 0.3) is 0 Å². The Morgan fingerprint density at radius 3 is 2.36 bits per heavy atom. The van der Waals surface area contributed by atoms with Crippen LogP contribution in [0.3, 0.4) is 0 Å². The Morgan fingerprint density at radius 1 is 1.07 bits per heavy atom. The van der Waals surface area contributed by atoms with E-state index >= 15 is 0 Å². The summed E-state index contributed by atoms with van der Waals surface area (Å²) in [6.07, 6.45) is 5.33. The molecule has 2 fully saturated rings. The van der Waals surface area contributed by atoms with E-state index in [1.54, 1.807) is 0 Å². The van der Waals surface area contributed by atoms with Gasteiger partial charge in [0.2, 0.25) is 0 Å². The number of hydrogen-bond donors (Lipinski definition) is 1. The fraction of sp³-hybridized carbons (Fsp3) is 0.429. The van der Waals surface area contributed by atoms with E-state index in [0.29, 0.717) is 12.5 Å². The Labute approximate surface area is 182 Å². The molecule has 1 saturated carbocycles. The molecule has 2 aromatic rings. The molecule has 2 aliphatic rings. The maximum Gasteiger partial charge on any atom is 0.191 e. The summed E-state index contributed by atoms with van der Waals surface area (Å²) in [6.45, 7) is 4.06. The minimum atomic E-state index is -0.202. The lowest BCUT2D eigenvalue weighted by molar-refractivity contribution is 0.245. The molecule has 1 saturated heterocycles. The monoisotopic (exact) mass is 495 g/mol. The molecule has 4 rings (SSSR count). The van der Waals surface area contributed by atoms with Crippen LogP contribution in [-0.2, 0) is 5.41 Å². The third-order valence-corrected chi connectivity index (χ3v) is 5.86. The van der Waals surface area contributed by atoms with Crippen LogP contribution in [0.15, 0.2) is 53.7 Å². The summed E-state index contributed by atoms with van der Waals surface area (Å²) in [5.74, 6) is 0.419. The van der Waals surface area contributed by atoms with Crippen LogP contribution in [0.5, 0.6) is 0 Å². The van der Waals surface area contributed by atoms with Gasteiger partial charge in [0.1, 0.15) is 5.82 Å². The van der Waals surface area contributed by atoms with E-state index < -0.39 is 0 Å². The molecule has 1 aromatic heterocycles. The molecule has 0 radical (unpaired) electrons. The minimum Gasteiger partial charge on any atom is -0.370 e. The predicted octanol–water partition coefficient (Wildman–Crippen LogP) is 3.40. The molecule has 0 spiro atoms. The molecular weight excluding hydrogens is 468 g/mol. The highest BCUT2D eigenvalue weighted by molar-refractivity contribution is 14.0. The number of guanidine groups is 1. The number of piperazine rings is 1. The summed E-state index contributed by atoms with van der Waals surface area (Å²) < 4.78 is 13.1. The van der Waals surface area contributed by atoms with Crippen molar-refractivity contribution in [1.29, 1.82) is 0 Å². The van der Waals surface area contributed by atoms with Gasteiger partial charge in [0.25, 0.3) is 0 Å². The van der Waals surface area contributed by atoms with E-state index in [2.05, 4.69) is 20.9 Å². The average Bonchev–Trinajstić information content (AvgIpc) is 2.68. The predicted molar refractivity (Wildman–Crippen MR) is 122 cm³/mol. The molecule has 28 heavy (non-hydrogen) atoms. The van der Waals surface area contributed by atoms with Crippen LogP contribution < -0.4 is 10.6 Å². The SMILES string of the molecule is I.NC(=NCC1(c2ccccn2)CCC1)N1CCN(c2ccc(F)cc2)CC1. The number of aliphatic imine (C=N–C) groups is 1. The Balaban J connectivity index is 0.00000225. The van der Waals surface area contributed by atoms with Gasteiger partial charge >= 0.3 is 0 Å². The second kappa shape index (κ2) is 9.07. The molecule has 0 atom stereocenters. The number of anilines is 1. The van der Waals surface area contributed by atoms with E-state index in [-0.39, 0.29) is 35.2 Å². The highest BCUT2D eigenvalue weighted by Crippen LogP contribution is 2.43. The Hall–Kier alpha value is -1.90. The number of nitrogens with two attached hydrogens (primary N) is 1. The van der Waals surface area contributed by atoms with E-state index in [1.165, 1.54) is 18.6 Å². The third-order valence-electron chi connectivity index (χ3n) is 5.86. The summed E-state index contributed by atoms with van der Waals surface area (Å²) in [6, 6.07) is 12.8. The number of hydrogen-bond acceptors (Lipinski definition) is 3. The molecule has 0 amide bonds. The smallest absolute Gasteiger partial charge is 0.191 e. The van der Waals surface area contributed by atoms with Crippen molar-refractivity contribution in [2.24, 2.45) is 10.7 Å². The second-order valence-corrected chi connectivity index (χ2v) is 7.47. The van der Waals surface area contributed by atoms with Crippen molar-refractivity contribution in [3.05, 3.63) is 60.2 Å². The molecule has 1 aliphatic carbocycles. The first kappa shape index (κ1) is 20.8. The first-order chi connectivity index (χ1) is 13.2. The van der Waals surface area contributed by atoms with Crippen LogP contribution in [0.4, 0.5) is 10.1 Å². The molecule has 1 aliphatic heterocycles. The van der Waals surface area contributed by atoms with Gasteiger partial charge in [-0.15, -0.1) is 24.0 Å². The zero-order valence-corrected chi connectivity index (χ0v) is 18.3. The van der Waals surface area contributed by atoms with E-state index in [4.69, 9.17) is 10.7 Å². The van der Waals surface area contributed by atoms with E-state index in [1.807, 2.05) is 30.5 Å². The Morgan fingerprint density at radius 2 is 1.79 bits per heavy atom. The minimum absolute atomic E-state index is 0. The zero-order chi connectivity index (χ0) is 18.7. The highest BCUT2D eigenvalue weighted by Gasteiger charge is 2.39. The maximum atomic E-state index is 13.1. The number of pyridine rings is 1. The fourth-order valence-corrected chi connectivity index (χ4v) is 3.95. The van der Waals surface area contributed by atoms with Crippen molar-refractivity contribution in [3.8, 4) is 0 Å². The topological polar surface area (TPSA) is 57.8 Å². The molecule has 7 heteroatoms. The second-order valence-electron chi connectivity index (χ2n) is 7.47. The largest absolute Gasteiger partial charge is 0.370 e. The van der Waals surface area contributed by atoms with Crippen LogP contribution in [0, 0.1) is 5.82 Å².